The molecular weight excluding hydrogens is 408 g/mol. The van der Waals surface area contributed by atoms with Crippen molar-refractivity contribution >= 4 is 11.9 Å². The van der Waals surface area contributed by atoms with Crippen molar-refractivity contribution in [2.24, 2.45) is 0 Å². The van der Waals surface area contributed by atoms with Gasteiger partial charge in [-0.3, -0.25) is 4.79 Å². The summed E-state index contributed by atoms with van der Waals surface area (Å²) in [5.74, 6) is -3.32. The second-order valence-electron chi connectivity index (χ2n) is 6.60. The monoisotopic (exact) mass is 422 g/mol. The maximum atomic E-state index is 13.2. The lowest BCUT2D eigenvalue weighted by atomic mass is 10.1. The van der Waals surface area contributed by atoms with Gasteiger partial charge < -0.3 is 10.2 Å². The molecule has 1 amide bonds. The van der Waals surface area contributed by atoms with Crippen LogP contribution in [0.5, 0.6) is 0 Å². The molecule has 0 saturated carbocycles. The molecule has 1 N–H and O–H groups in total. The number of nitrogens with one attached hydrogen (secondary N) is 1. The predicted octanol–water partition coefficient (Wildman–Crippen LogP) is 2.59. The zero-order valence-corrected chi connectivity index (χ0v) is 15.5. The Morgan fingerprint density at radius 1 is 1.20 bits per heavy atom. The van der Waals surface area contributed by atoms with Gasteiger partial charge >= 0.3 is 12.1 Å². The molecule has 11 heteroatoms. The Hall–Kier alpha value is -3.63. The standard InChI is InChI=1S/C19H14F4N4O3/c1-10-14(9-25-26(10)12-4-2-11(20)3-5-12)16-8-13-15(6-7-24-17(13)28)27(16)30-18(29)19(21,22)23/h2-5,8-9H,6-7H2,1H3,(H,24,28). The molecule has 0 spiro atoms. The van der Waals surface area contributed by atoms with Crippen molar-refractivity contribution in [3.8, 4) is 16.9 Å². The van der Waals surface area contributed by atoms with Crippen LogP contribution in [0.1, 0.15) is 21.7 Å². The van der Waals surface area contributed by atoms with E-state index in [2.05, 4.69) is 15.3 Å². The van der Waals surface area contributed by atoms with Gasteiger partial charge in [0.15, 0.2) is 0 Å². The minimum absolute atomic E-state index is 0.0699. The molecule has 7 nitrogen and oxygen atoms in total. The Kier molecular flexibility index (Phi) is 4.60. The van der Waals surface area contributed by atoms with Crippen molar-refractivity contribution in [3.63, 3.8) is 0 Å². The summed E-state index contributed by atoms with van der Waals surface area (Å²) in [6.45, 7) is 1.83. The zero-order valence-electron chi connectivity index (χ0n) is 15.5. The highest BCUT2D eigenvalue weighted by Gasteiger charge is 2.43. The maximum absolute atomic E-state index is 13.2. The Morgan fingerprint density at radius 2 is 1.90 bits per heavy atom. The highest BCUT2D eigenvalue weighted by atomic mass is 19.4. The summed E-state index contributed by atoms with van der Waals surface area (Å²) in [6.07, 6.45) is -3.66. The van der Waals surface area contributed by atoms with Gasteiger partial charge in [0.25, 0.3) is 5.91 Å². The molecular formula is C19H14F4N4O3. The third kappa shape index (κ3) is 3.31. The highest BCUT2D eigenvalue weighted by molar-refractivity contribution is 5.98. The van der Waals surface area contributed by atoms with Gasteiger partial charge in [0.05, 0.1) is 34.5 Å². The predicted molar refractivity (Wildman–Crippen MR) is 95.4 cm³/mol. The summed E-state index contributed by atoms with van der Waals surface area (Å²) in [5, 5.41) is 6.80. The van der Waals surface area contributed by atoms with Gasteiger partial charge in [0.1, 0.15) is 5.82 Å². The molecule has 0 aliphatic carbocycles. The molecule has 0 bridgehead atoms. The first-order valence-electron chi connectivity index (χ1n) is 8.80. The van der Waals surface area contributed by atoms with E-state index in [9.17, 15) is 27.2 Å². The first-order chi connectivity index (χ1) is 14.2. The van der Waals surface area contributed by atoms with Crippen LogP contribution in [0.3, 0.4) is 0 Å². The first-order valence-corrected chi connectivity index (χ1v) is 8.80. The topological polar surface area (TPSA) is 78.2 Å². The molecule has 1 aromatic carbocycles. The number of rotatable bonds is 3. The lowest BCUT2D eigenvalue weighted by Gasteiger charge is -2.17. The molecule has 0 atom stereocenters. The molecule has 0 radical (unpaired) electrons. The molecule has 1 aliphatic rings. The first kappa shape index (κ1) is 19.7. The molecule has 0 saturated heterocycles. The normalized spacial score (nSPS) is 13.7. The van der Waals surface area contributed by atoms with Crippen LogP contribution in [-0.4, -0.2) is 39.1 Å². The number of amides is 1. The number of nitrogens with zero attached hydrogens (tertiary/aromatic N) is 3. The van der Waals surface area contributed by atoms with Crippen molar-refractivity contribution < 1.29 is 32.0 Å². The molecule has 0 unspecified atom stereocenters. The highest BCUT2D eigenvalue weighted by Crippen LogP contribution is 2.31. The number of carbonyl (C=O) groups is 2. The number of hydrogen-bond donors (Lipinski definition) is 1. The van der Waals surface area contributed by atoms with Gasteiger partial charge in [-0.25, -0.2) is 13.9 Å². The van der Waals surface area contributed by atoms with Gasteiger partial charge in [0, 0.05) is 18.5 Å². The van der Waals surface area contributed by atoms with Gasteiger partial charge in [-0.05, 0) is 37.3 Å². The number of alkyl halides is 3. The number of aromatic nitrogens is 3. The molecule has 0 fully saturated rings. The second-order valence-corrected chi connectivity index (χ2v) is 6.60. The van der Waals surface area contributed by atoms with E-state index in [1.165, 1.54) is 41.2 Å². The molecule has 30 heavy (non-hydrogen) atoms. The quantitative estimate of drug-likeness (QED) is 0.659. The van der Waals surface area contributed by atoms with E-state index >= 15 is 0 Å². The molecule has 3 heterocycles. The fraction of sp³-hybridized carbons (Fsp3) is 0.211. The van der Waals surface area contributed by atoms with E-state index in [1.54, 1.807) is 6.92 Å². The fourth-order valence-electron chi connectivity index (χ4n) is 3.29. The van der Waals surface area contributed by atoms with Crippen LogP contribution in [0.25, 0.3) is 16.9 Å². The smallest absolute Gasteiger partial charge is 0.352 e. The van der Waals surface area contributed by atoms with E-state index in [1.807, 2.05) is 0 Å². The molecule has 2 aromatic heterocycles. The number of halogens is 4. The summed E-state index contributed by atoms with van der Waals surface area (Å²) < 4.78 is 53.8. The van der Waals surface area contributed by atoms with Gasteiger partial charge in [-0.2, -0.15) is 23.0 Å². The average Bonchev–Trinajstić information content (AvgIpc) is 3.23. The van der Waals surface area contributed by atoms with Crippen LogP contribution >= 0.6 is 0 Å². The minimum Gasteiger partial charge on any atom is -0.352 e. The second kappa shape index (κ2) is 7.01. The Labute approximate surface area is 166 Å². The molecule has 156 valence electrons. The summed E-state index contributed by atoms with van der Waals surface area (Å²) >= 11 is 0. The zero-order chi connectivity index (χ0) is 21.6. The summed E-state index contributed by atoms with van der Waals surface area (Å²) in [7, 11) is 0. The van der Waals surface area contributed by atoms with Crippen molar-refractivity contribution in [2.45, 2.75) is 19.5 Å². The number of fused-ring (bicyclic) bond motifs is 1. The van der Waals surface area contributed by atoms with Crippen LogP contribution in [-0.2, 0) is 11.2 Å². The van der Waals surface area contributed by atoms with E-state index in [0.717, 1.165) is 4.73 Å². The molecule has 1 aliphatic heterocycles. The lowest BCUT2D eigenvalue weighted by Crippen LogP contribution is -2.37. The summed E-state index contributed by atoms with van der Waals surface area (Å²) in [5.41, 5.74) is 1.69. The van der Waals surface area contributed by atoms with Gasteiger partial charge in [0.2, 0.25) is 0 Å². The van der Waals surface area contributed by atoms with Crippen molar-refractivity contribution in [3.05, 3.63) is 59.3 Å². The van der Waals surface area contributed by atoms with Crippen LogP contribution < -0.4 is 10.2 Å². The Bertz CT molecular complexity index is 1150. The van der Waals surface area contributed by atoms with Gasteiger partial charge in [-0.15, -0.1) is 0 Å². The molecule has 3 aromatic rings. The van der Waals surface area contributed by atoms with Crippen molar-refractivity contribution in [1.82, 2.24) is 19.8 Å². The van der Waals surface area contributed by atoms with Crippen molar-refractivity contribution in [2.75, 3.05) is 6.54 Å². The van der Waals surface area contributed by atoms with Crippen LogP contribution in [0.2, 0.25) is 0 Å². The van der Waals surface area contributed by atoms with E-state index in [-0.39, 0.29) is 29.9 Å². The van der Waals surface area contributed by atoms with E-state index in [0.29, 0.717) is 16.9 Å². The van der Waals surface area contributed by atoms with Gasteiger partial charge in [-0.1, -0.05) is 0 Å². The third-order valence-corrected chi connectivity index (χ3v) is 4.71. The Morgan fingerprint density at radius 3 is 2.57 bits per heavy atom. The maximum Gasteiger partial charge on any atom is 0.493 e. The minimum atomic E-state index is -5.21. The lowest BCUT2D eigenvalue weighted by molar-refractivity contribution is -0.199. The largest absolute Gasteiger partial charge is 0.493 e. The summed E-state index contributed by atoms with van der Waals surface area (Å²) in [4.78, 5) is 28.3. The molecule has 4 rings (SSSR count). The third-order valence-electron chi connectivity index (χ3n) is 4.71. The van der Waals surface area contributed by atoms with Crippen LogP contribution in [0, 0.1) is 12.7 Å². The van der Waals surface area contributed by atoms with Crippen LogP contribution in [0.4, 0.5) is 17.6 Å². The summed E-state index contributed by atoms with van der Waals surface area (Å²) in [6, 6.07) is 6.81. The fourth-order valence-corrected chi connectivity index (χ4v) is 3.29. The van der Waals surface area contributed by atoms with E-state index < -0.39 is 23.9 Å². The average molecular weight is 422 g/mol. The number of hydrogen-bond acceptors (Lipinski definition) is 4. The number of carbonyl (C=O) groups excluding carboxylic acids is 2. The SMILES string of the molecule is Cc1c(-c2cc3c(n2OC(=O)C(F)(F)F)CCNC3=O)cnn1-c1ccc(F)cc1. The van der Waals surface area contributed by atoms with E-state index in [4.69, 9.17) is 0 Å². The Balaban J connectivity index is 1.84. The van der Waals surface area contributed by atoms with Crippen molar-refractivity contribution in [1.29, 1.82) is 0 Å². The number of benzene rings is 1. The van der Waals surface area contributed by atoms with Crippen LogP contribution in [0.15, 0.2) is 36.5 Å².